The van der Waals surface area contributed by atoms with E-state index in [0.29, 0.717) is 6.54 Å². The number of nitrogens with two attached hydrogens (primary N) is 1. The second-order valence-corrected chi connectivity index (χ2v) is 4.31. The number of benzene rings is 1. The molecule has 2 unspecified atom stereocenters. The fourth-order valence-electron chi connectivity index (χ4n) is 1.60. The van der Waals surface area contributed by atoms with Crippen LogP contribution in [0.5, 0.6) is 0 Å². The van der Waals surface area contributed by atoms with Gasteiger partial charge in [0.15, 0.2) is 0 Å². The molecule has 0 spiro atoms. The van der Waals surface area contributed by atoms with Crippen molar-refractivity contribution in [2.75, 3.05) is 13.6 Å². The maximum Gasteiger partial charge on any atom is 0.226 e. The zero-order chi connectivity index (χ0) is 13.0. The molecule has 0 saturated heterocycles. The number of carbonyl (C=O) groups is 1. The van der Waals surface area contributed by atoms with E-state index in [2.05, 4.69) is 0 Å². The molecule has 1 aromatic carbocycles. The Bertz CT molecular complexity index is 378. The molecule has 1 amide bonds. The molecule has 2 atom stereocenters. The van der Waals surface area contributed by atoms with Gasteiger partial charge >= 0.3 is 0 Å². The highest BCUT2D eigenvalue weighted by atomic mass is 19.1. The number of amides is 1. The third-order valence-corrected chi connectivity index (χ3v) is 3.06. The zero-order valence-electron chi connectivity index (χ0n) is 10.5. The molecule has 3 nitrogen and oxygen atoms in total. The van der Waals surface area contributed by atoms with Crippen molar-refractivity contribution in [3.05, 3.63) is 35.6 Å². The van der Waals surface area contributed by atoms with Gasteiger partial charge in [0.05, 0.1) is 6.04 Å². The van der Waals surface area contributed by atoms with Crippen LogP contribution in [-0.2, 0) is 4.79 Å². The Morgan fingerprint density at radius 2 is 1.88 bits per heavy atom. The quantitative estimate of drug-likeness (QED) is 0.871. The van der Waals surface area contributed by atoms with Gasteiger partial charge in [-0.15, -0.1) is 0 Å². The van der Waals surface area contributed by atoms with E-state index in [1.165, 1.54) is 12.1 Å². The molecule has 2 N–H and O–H groups in total. The van der Waals surface area contributed by atoms with Gasteiger partial charge in [-0.3, -0.25) is 4.79 Å². The van der Waals surface area contributed by atoms with Gasteiger partial charge in [0.1, 0.15) is 5.82 Å². The SMILES string of the molecule is CC(CN)C(=O)N(C)C(C)c1ccc(F)cc1. The molecule has 0 bridgehead atoms. The highest BCUT2D eigenvalue weighted by Crippen LogP contribution is 2.20. The van der Waals surface area contributed by atoms with Crippen LogP contribution in [0.4, 0.5) is 4.39 Å². The van der Waals surface area contributed by atoms with Crippen molar-refractivity contribution in [2.45, 2.75) is 19.9 Å². The summed E-state index contributed by atoms with van der Waals surface area (Å²) in [6.45, 7) is 4.05. The second kappa shape index (κ2) is 5.77. The zero-order valence-corrected chi connectivity index (χ0v) is 10.5. The minimum atomic E-state index is -0.273. The third kappa shape index (κ3) is 3.27. The van der Waals surface area contributed by atoms with Crippen molar-refractivity contribution in [3.63, 3.8) is 0 Å². The summed E-state index contributed by atoms with van der Waals surface area (Å²) in [6, 6.07) is 6.10. The Morgan fingerprint density at radius 1 is 1.35 bits per heavy atom. The lowest BCUT2D eigenvalue weighted by Gasteiger charge is -2.27. The van der Waals surface area contributed by atoms with E-state index in [0.717, 1.165) is 5.56 Å². The molecule has 0 saturated carbocycles. The molecule has 4 heteroatoms. The van der Waals surface area contributed by atoms with Crippen molar-refractivity contribution in [3.8, 4) is 0 Å². The first-order valence-electron chi connectivity index (χ1n) is 5.69. The van der Waals surface area contributed by atoms with Gasteiger partial charge in [0.25, 0.3) is 0 Å². The lowest BCUT2D eigenvalue weighted by Crippen LogP contribution is -2.36. The van der Waals surface area contributed by atoms with Crippen LogP contribution in [0.15, 0.2) is 24.3 Å². The van der Waals surface area contributed by atoms with Crippen molar-refractivity contribution in [1.29, 1.82) is 0 Å². The molecule has 0 aliphatic carbocycles. The average molecular weight is 238 g/mol. The predicted octanol–water partition coefficient (Wildman–Crippen LogP) is 1.94. The summed E-state index contributed by atoms with van der Waals surface area (Å²) >= 11 is 0. The summed E-state index contributed by atoms with van der Waals surface area (Å²) in [5.74, 6) is -0.461. The maximum atomic E-state index is 12.8. The normalized spacial score (nSPS) is 14.2. The lowest BCUT2D eigenvalue weighted by molar-refractivity contribution is -0.135. The van der Waals surface area contributed by atoms with E-state index in [4.69, 9.17) is 5.73 Å². The van der Waals surface area contributed by atoms with Gasteiger partial charge in [-0.05, 0) is 24.6 Å². The van der Waals surface area contributed by atoms with Crippen LogP contribution in [0.2, 0.25) is 0 Å². The summed E-state index contributed by atoms with van der Waals surface area (Å²) in [7, 11) is 1.74. The molecule has 0 heterocycles. The molecular formula is C13H19FN2O. The van der Waals surface area contributed by atoms with Gasteiger partial charge in [0, 0.05) is 19.5 Å². The van der Waals surface area contributed by atoms with Crippen LogP contribution < -0.4 is 5.73 Å². The van der Waals surface area contributed by atoms with Crippen molar-refractivity contribution in [1.82, 2.24) is 4.90 Å². The number of carbonyl (C=O) groups excluding carboxylic acids is 1. The Balaban J connectivity index is 2.79. The summed E-state index contributed by atoms with van der Waals surface area (Å²) in [5, 5.41) is 0. The largest absolute Gasteiger partial charge is 0.339 e. The molecule has 17 heavy (non-hydrogen) atoms. The summed E-state index contributed by atoms with van der Waals surface area (Å²) in [6.07, 6.45) is 0. The summed E-state index contributed by atoms with van der Waals surface area (Å²) < 4.78 is 12.8. The first-order chi connectivity index (χ1) is 7.97. The Morgan fingerprint density at radius 3 is 2.35 bits per heavy atom. The van der Waals surface area contributed by atoms with Crippen LogP contribution in [-0.4, -0.2) is 24.4 Å². The monoisotopic (exact) mass is 238 g/mol. The lowest BCUT2D eigenvalue weighted by atomic mass is 10.0. The molecule has 0 fully saturated rings. The molecule has 0 aliphatic rings. The number of hydrogen-bond acceptors (Lipinski definition) is 2. The van der Waals surface area contributed by atoms with Crippen molar-refractivity contribution < 1.29 is 9.18 Å². The number of halogens is 1. The van der Waals surface area contributed by atoms with Gasteiger partial charge in [-0.2, -0.15) is 0 Å². The molecule has 1 rings (SSSR count). The van der Waals surface area contributed by atoms with Crippen LogP contribution in [0.25, 0.3) is 0 Å². The fourth-order valence-corrected chi connectivity index (χ4v) is 1.60. The highest BCUT2D eigenvalue weighted by Gasteiger charge is 2.21. The topological polar surface area (TPSA) is 46.3 Å². The third-order valence-electron chi connectivity index (χ3n) is 3.06. The number of rotatable bonds is 4. The van der Waals surface area contributed by atoms with E-state index >= 15 is 0 Å². The van der Waals surface area contributed by atoms with E-state index < -0.39 is 0 Å². The predicted molar refractivity (Wildman–Crippen MR) is 65.8 cm³/mol. The molecular weight excluding hydrogens is 219 g/mol. The van der Waals surface area contributed by atoms with Crippen molar-refractivity contribution in [2.24, 2.45) is 11.7 Å². The fraction of sp³-hybridized carbons (Fsp3) is 0.462. The van der Waals surface area contributed by atoms with Crippen LogP contribution in [0.1, 0.15) is 25.5 Å². The standard InChI is InChI=1S/C13H19FN2O/c1-9(8-15)13(17)16(3)10(2)11-4-6-12(14)7-5-11/h4-7,9-10H,8,15H2,1-3H3. The summed E-state index contributed by atoms with van der Waals surface area (Å²) in [5.41, 5.74) is 6.38. The van der Waals surface area contributed by atoms with Crippen LogP contribution >= 0.6 is 0 Å². The maximum absolute atomic E-state index is 12.8. The number of hydrogen-bond donors (Lipinski definition) is 1. The minimum absolute atomic E-state index is 0.00400. The molecule has 1 aromatic rings. The molecule has 0 aliphatic heterocycles. The van der Waals surface area contributed by atoms with Gasteiger partial charge in [-0.25, -0.2) is 4.39 Å². The molecule has 94 valence electrons. The minimum Gasteiger partial charge on any atom is -0.339 e. The average Bonchev–Trinajstić information content (AvgIpc) is 2.36. The van der Waals surface area contributed by atoms with Gasteiger partial charge in [0.2, 0.25) is 5.91 Å². The Hall–Kier alpha value is -1.42. The van der Waals surface area contributed by atoms with E-state index in [9.17, 15) is 9.18 Å². The van der Waals surface area contributed by atoms with Crippen LogP contribution in [0, 0.1) is 11.7 Å². The first kappa shape index (κ1) is 13.6. The second-order valence-electron chi connectivity index (χ2n) is 4.31. The van der Waals surface area contributed by atoms with Gasteiger partial charge in [-0.1, -0.05) is 19.1 Å². The highest BCUT2D eigenvalue weighted by molar-refractivity contribution is 5.78. The molecule has 0 aromatic heterocycles. The van der Waals surface area contributed by atoms with E-state index in [-0.39, 0.29) is 23.7 Å². The van der Waals surface area contributed by atoms with Crippen molar-refractivity contribution >= 4 is 5.91 Å². The Kier molecular flexibility index (Phi) is 4.63. The van der Waals surface area contributed by atoms with Crippen LogP contribution in [0.3, 0.4) is 0 Å². The Labute approximate surface area is 101 Å². The van der Waals surface area contributed by atoms with Gasteiger partial charge < -0.3 is 10.6 Å². The summed E-state index contributed by atoms with van der Waals surface area (Å²) in [4.78, 5) is 13.6. The molecule has 0 radical (unpaired) electrons. The van der Waals surface area contributed by atoms with E-state index in [1.54, 1.807) is 31.0 Å². The number of nitrogens with zero attached hydrogens (tertiary/aromatic N) is 1. The first-order valence-corrected chi connectivity index (χ1v) is 5.69. The van der Waals surface area contributed by atoms with E-state index in [1.807, 2.05) is 6.92 Å². The smallest absolute Gasteiger partial charge is 0.226 e.